The molecule has 0 bridgehead atoms. The van der Waals surface area contributed by atoms with Crippen molar-refractivity contribution in [3.8, 4) is 0 Å². The third kappa shape index (κ3) is 1.52. The van der Waals surface area contributed by atoms with Crippen LogP contribution in [0, 0.1) is 5.41 Å². The summed E-state index contributed by atoms with van der Waals surface area (Å²) < 4.78 is 0. The Morgan fingerprint density at radius 2 is 2.33 bits per heavy atom. The van der Waals surface area contributed by atoms with Crippen LogP contribution in [-0.4, -0.2) is 6.21 Å². The zero-order valence-electron chi connectivity index (χ0n) is 3.73. The van der Waals surface area contributed by atoms with Crippen LogP contribution in [0.3, 0.4) is 0 Å². The van der Waals surface area contributed by atoms with Crippen molar-refractivity contribution in [3.63, 3.8) is 0 Å². The van der Waals surface area contributed by atoms with Crippen LogP contribution < -0.4 is 5.73 Å². The SMILES string of the molecule is C/C(C=N)=C/N. The molecule has 6 heavy (non-hydrogen) atoms. The monoisotopic (exact) mass is 84.1 g/mol. The fraction of sp³-hybridized carbons (Fsp3) is 0.250. The van der Waals surface area contributed by atoms with Gasteiger partial charge in [0.2, 0.25) is 0 Å². The molecule has 0 amide bonds. The van der Waals surface area contributed by atoms with E-state index in [9.17, 15) is 0 Å². The van der Waals surface area contributed by atoms with Crippen molar-refractivity contribution in [1.82, 2.24) is 0 Å². The molecule has 0 radical (unpaired) electrons. The van der Waals surface area contributed by atoms with Gasteiger partial charge in [-0.1, -0.05) is 0 Å². The molecule has 2 nitrogen and oxygen atoms in total. The summed E-state index contributed by atoms with van der Waals surface area (Å²) in [7, 11) is 0. The lowest BCUT2D eigenvalue weighted by Crippen LogP contribution is -1.82. The van der Waals surface area contributed by atoms with Crippen LogP contribution in [-0.2, 0) is 0 Å². The highest BCUT2D eigenvalue weighted by Crippen LogP contribution is 1.76. The van der Waals surface area contributed by atoms with Crippen LogP contribution in [0.2, 0.25) is 0 Å². The number of hydrogen-bond donors (Lipinski definition) is 2. The highest BCUT2D eigenvalue weighted by Gasteiger charge is 1.69. The standard InChI is InChI=1S/C4H8N2/c1-4(2-5)3-6/h2-3,5H,6H2,1H3/b4-3-,5-2?. The minimum absolute atomic E-state index is 0.787. The first-order valence-corrected chi connectivity index (χ1v) is 1.70. The van der Waals surface area contributed by atoms with Crippen molar-refractivity contribution in [3.05, 3.63) is 11.8 Å². The second-order valence-electron chi connectivity index (χ2n) is 1.06. The van der Waals surface area contributed by atoms with Gasteiger partial charge in [0.05, 0.1) is 0 Å². The smallest absolute Gasteiger partial charge is 0.0221 e. The second-order valence-corrected chi connectivity index (χ2v) is 1.06. The maximum Gasteiger partial charge on any atom is 0.0221 e. The molecule has 0 fully saturated rings. The molecule has 0 aliphatic rings. The summed E-state index contributed by atoms with van der Waals surface area (Å²) in [5.74, 6) is 0. The van der Waals surface area contributed by atoms with E-state index in [2.05, 4.69) is 0 Å². The van der Waals surface area contributed by atoms with Gasteiger partial charge in [-0.25, -0.2) is 0 Å². The molecule has 0 saturated carbocycles. The van der Waals surface area contributed by atoms with Gasteiger partial charge in [-0.15, -0.1) is 0 Å². The van der Waals surface area contributed by atoms with E-state index in [4.69, 9.17) is 11.1 Å². The number of nitrogens with one attached hydrogen (secondary N) is 1. The Morgan fingerprint density at radius 3 is 2.33 bits per heavy atom. The van der Waals surface area contributed by atoms with Gasteiger partial charge in [0.15, 0.2) is 0 Å². The predicted octanol–water partition coefficient (Wildman–Crippen LogP) is 0.498. The van der Waals surface area contributed by atoms with E-state index in [1.807, 2.05) is 0 Å². The molecule has 2 heteroatoms. The predicted molar refractivity (Wildman–Crippen MR) is 26.7 cm³/mol. The molecule has 0 spiro atoms. The van der Waals surface area contributed by atoms with Gasteiger partial charge < -0.3 is 11.1 Å². The molecule has 34 valence electrons. The average Bonchev–Trinajstić information content (AvgIpc) is 1.65. The zero-order valence-corrected chi connectivity index (χ0v) is 3.73. The van der Waals surface area contributed by atoms with Crippen LogP contribution in [0.1, 0.15) is 6.92 Å². The van der Waals surface area contributed by atoms with E-state index in [1.54, 1.807) is 6.92 Å². The van der Waals surface area contributed by atoms with Gasteiger partial charge in [-0.2, -0.15) is 0 Å². The molecular weight excluding hydrogens is 76.1 g/mol. The molecule has 0 aromatic rings. The topological polar surface area (TPSA) is 49.9 Å². The van der Waals surface area contributed by atoms with E-state index >= 15 is 0 Å². The van der Waals surface area contributed by atoms with Crippen molar-refractivity contribution < 1.29 is 0 Å². The first-order valence-electron chi connectivity index (χ1n) is 1.70. The lowest BCUT2D eigenvalue weighted by Gasteiger charge is -1.77. The fourth-order valence-corrected chi connectivity index (χ4v) is 0.0481. The normalized spacial score (nSPS) is 11.2. The van der Waals surface area contributed by atoms with E-state index < -0.39 is 0 Å². The van der Waals surface area contributed by atoms with Gasteiger partial charge in [0, 0.05) is 6.21 Å². The fourth-order valence-electron chi connectivity index (χ4n) is 0.0481. The number of rotatable bonds is 1. The number of hydrogen-bond acceptors (Lipinski definition) is 2. The molecule has 0 aromatic heterocycles. The van der Waals surface area contributed by atoms with Crippen LogP contribution in [0.4, 0.5) is 0 Å². The van der Waals surface area contributed by atoms with E-state index in [1.165, 1.54) is 12.4 Å². The second kappa shape index (κ2) is 2.45. The molecule has 0 aliphatic heterocycles. The summed E-state index contributed by atoms with van der Waals surface area (Å²) >= 11 is 0. The van der Waals surface area contributed by atoms with Crippen LogP contribution >= 0.6 is 0 Å². The Labute approximate surface area is 37.2 Å². The first-order chi connectivity index (χ1) is 2.81. The molecule has 0 aromatic carbocycles. The number of allylic oxidation sites excluding steroid dienone is 1. The zero-order chi connectivity index (χ0) is 4.99. The lowest BCUT2D eigenvalue weighted by atomic mass is 10.4. The Kier molecular flexibility index (Phi) is 2.13. The molecule has 0 saturated heterocycles. The van der Waals surface area contributed by atoms with Crippen LogP contribution in [0.25, 0.3) is 0 Å². The molecule has 3 N–H and O–H groups in total. The molecule has 0 aliphatic carbocycles. The summed E-state index contributed by atoms with van der Waals surface area (Å²) in [5, 5.41) is 6.54. The van der Waals surface area contributed by atoms with Gasteiger partial charge >= 0.3 is 0 Å². The van der Waals surface area contributed by atoms with Crippen molar-refractivity contribution >= 4 is 6.21 Å². The summed E-state index contributed by atoms with van der Waals surface area (Å²) in [6, 6.07) is 0. The number of nitrogens with two attached hydrogens (primary N) is 1. The molecule has 0 rings (SSSR count). The Morgan fingerprint density at radius 1 is 1.83 bits per heavy atom. The largest absolute Gasteiger partial charge is 0.404 e. The summed E-state index contributed by atoms with van der Waals surface area (Å²) in [6.07, 6.45) is 2.60. The Balaban J connectivity index is 3.50. The Hall–Kier alpha value is -0.790. The van der Waals surface area contributed by atoms with Crippen LogP contribution in [0.15, 0.2) is 11.8 Å². The maximum atomic E-state index is 6.54. The van der Waals surface area contributed by atoms with Gasteiger partial charge in [0.1, 0.15) is 0 Å². The van der Waals surface area contributed by atoms with E-state index in [0.29, 0.717) is 0 Å². The third-order valence-electron chi connectivity index (χ3n) is 0.491. The minimum atomic E-state index is 0.787. The van der Waals surface area contributed by atoms with Gasteiger partial charge in [-0.3, -0.25) is 0 Å². The molecule has 0 unspecified atom stereocenters. The quantitative estimate of drug-likeness (QED) is 0.446. The van der Waals surface area contributed by atoms with E-state index in [0.717, 1.165) is 5.57 Å². The highest BCUT2D eigenvalue weighted by atomic mass is 14.5. The average molecular weight is 84.1 g/mol. The summed E-state index contributed by atoms with van der Waals surface area (Å²) in [6.45, 7) is 1.77. The molecule has 0 atom stereocenters. The molecule has 0 heterocycles. The summed E-state index contributed by atoms with van der Waals surface area (Å²) in [5.41, 5.74) is 5.76. The van der Waals surface area contributed by atoms with Crippen molar-refractivity contribution in [1.29, 1.82) is 5.41 Å². The van der Waals surface area contributed by atoms with Crippen LogP contribution in [0.5, 0.6) is 0 Å². The Bertz CT molecular complexity index is 73.6. The van der Waals surface area contributed by atoms with E-state index in [-0.39, 0.29) is 0 Å². The van der Waals surface area contributed by atoms with Gasteiger partial charge in [0.25, 0.3) is 0 Å². The van der Waals surface area contributed by atoms with Gasteiger partial charge in [-0.05, 0) is 18.7 Å². The summed E-state index contributed by atoms with van der Waals surface area (Å²) in [4.78, 5) is 0. The first kappa shape index (κ1) is 5.21. The third-order valence-corrected chi connectivity index (χ3v) is 0.491. The lowest BCUT2D eigenvalue weighted by molar-refractivity contribution is 1.45. The van der Waals surface area contributed by atoms with Crippen molar-refractivity contribution in [2.45, 2.75) is 6.92 Å². The minimum Gasteiger partial charge on any atom is -0.404 e. The highest BCUT2D eigenvalue weighted by molar-refractivity contribution is 5.74. The van der Waals surface area contributed by atoms with Crippen molar-refractivity contribution in [2.75, 3.05) is 0 Å². The van der Waals surface area contributed by atoms with Crippen molar-refractivity contribution in [2.24, 2.45) is 5.73 Å². The molecular formula is C4H8N2. The maximum absolute atomic E-state index is 6.54.